The monoisotopic (exact) mass is 221 g/mol. The molecular formula is C10H11N3O3. The second-order valence-corrected chi connectivity index (χ2v) is 3.26. The maximum absolute atomic E-state index is 11.5. The minimum Gasteiger partial charge on any atom is -0.474 e. The molecule has 0 saturated carbocycles. The molecule has 0 aliphatic carbocycles. The van der Waals surface area contributed by atoms with Gasteiger partial charge < -0.3 is 15.6 Å². The smallest absolute Gasteiger partial charge is 0.352 e. The third-order valence-electron chi connectivity index (χ3n) is 2.19. The summed E-state index contributed by atoms with van der Waals surface area (Å²) < 4.78 is 6.49. The number of ether oxygens (including phenoxy) is 1. The van der Waals surface area contributed by atoms with Crippen LogP contribution in [0, 0.1) is 0 Å². The SMILES string of the molecule is Nc1ccnc(=O)n1C1C=CC(CO)=CO1. The number of hydrogen-bond acceptors (Lipinski definition) is 5. The average molecular weight is 221 g/mol. The largest absolute Gasteiger partial charge is 0.474 e. The quantitative estimate of drug-likeness (QED) is 0.721. The van der Waals surface area contributed by atoms with Gasteiger partial charge in [0.05, 0.1) is 12.9 Å². The van der Waals surface area contributed by atoms with Crippen LogP contribution in [0.25, 0.3) is 0 Å². The first-order valence-corrected chi connectivity index (χ1v) is 4.69. The van der Waals surface area contributed by atoms with E-state index in [9.17, 15) is 4.79 Å². The van der Waals surface area contributed by atoms with Crippen LogP contribution in [0.2, 0.25) is 0 Å². The predicted molar refractivity (Wildman–Crippen MR) is 57.3 cm³/mol. The molecule has 1 aliphatic heterocycles. The molecular weight excluding hydrogens is 210 g/mol. The molecule has 3 N–H and O–H groups in total. The van der Waals surface area contributed by atoms with Gasteiger partial charge in [-0.25, -0.2) is 14.3 Å². The molecule has 1 unspecified atom stereocenters. The highest BCUT2D eigenvalue weighted by molar-refractivity contribution is 5.29. The highest BCUT2D eigenvalue weighted by Crippen LogP contribution is 2.18. The van der Waals surface area contributed by atoms with E-state index in [-0.39, 0.29) is 12.4 Å². The fraction of sp³-hybridized carbons (Fsp3) is 0.200. The maximum Gasteiger partial charge on any atom is 0.352 e. The molecule has 2 heterocycles. The number of hydrogen-bond donors (Lipinski definition) is 2. The van der Waals surface area contributed by atoms with Gasteiger partial charge in [-0.3, -0.25) is 0 Å². The number of rotatable bonds is 2. The molecule has 16 heavy (non-hydrogen) atoms. The summed E-state index contributed by atoms with van der Waals surface area (Å²) in [5.41, 5.74) is 5.81. The van der Waals surface area contributed by atoms with Crippen molar-refractivity contribution in [1.29, 1.82) is 0 Å². The van der Waals surface area contributed by atoms with Gasteiger partial charge in [0, 0.05) is 11.8 Å². The fourth-order valence-corrected chi connectivity index (χ4v) is 1.37. The van der Waals surface area contributed by atoms with Gasteiger partial charge >= 0.3 is 5.69 Å². The Hall–Kier alpha value is -2.08. The van der Waals surface area contributed by atoms with Crippen LogP contribution in [0.3, 0.4) is 0 Å². The van der Waals surface area contributed by atoms with E-state index in [1.807, 2.05) is 0 Å². The first-order chi connectivity index (χ1) is 7.72. The Morgan fingerprint density at radius 3 is 3.00 bits per heavy atom. The lowest BCUT2D eigenvalue weighted by Crippen LogP contribution is -2.29. The van der Waals surface area contributed by atoms with Crippen molar-refractivity contribution in [3.8, 4) is 0 Å². The highest BCUT2D eigenvalue weighted by Gasteiger charge is 2.15. The van der Waals surface area contributed by atoms with Crippen molar-refractivity contribution < 1.29 is 9.84 Å². The lowest BCUT2D eigenvalue weighted by Gasteiger charge is -2.20. The van der Waals surface area contributed by atoms with Crippen molar-refractivity contribution in [2.45, 2.75) is 6.23 Å². The van der Waals surface area contributed by atoms with Crippen molar-refractivity contribution in [1.82, 2.24) is 9.55 Å². The number of aliphatic hydroxyl groups is 1. The number of anilines is 1. The molecule has 2 rings (SSSR count). The van der Waals surface area contributed by atoms with Crippen molar-refractivity contribution in [3.63, 3.8) is 0 Å². The summed E-state index contributed by atoms with van der Waals surface area (Å²) in [6, 6.07) is 1.52. The molecule has 1 aromatic heterocycles. The molecule has 6 heteroatoms. The van der Waals surface area contributed by atoms with E-state index >= 15 is 0 Å². The highest BCUT2D eigenvalue weighted by atomic mass is 16.5. The number of nitrogens with two attached hydrogens (primary N) is 1. The van der Waals surface area contributed by atoms with E-state index in [0.717, 1.165) is 0 Å². The summed E-state index contributed by atoms with van der Waals surface area (Å²) in [6.45, 7) is -0.110. The molecule has 0 amide bonds. The zero-order valence-electron chi connectivity index (χ0n) is 8.41. The summed E-state index contributed by atoms with van der Waals surface area (Å²) in [4.78, 5) is 15.1. The van der Waals surface area contributed by atoms with Gasteiger partial charge in [0.25, 0.3) is 0 Å². The van der Waals surface area contributed by atoms with Crippen molar-refractivity contribution in [2.75, 3.05) is 12.3 Å². The van der Waals surface area contributed by atoms with Crippen LogP contribution in [-0.2, 0) is 4.74 Å². The molecule has 0 bridgehead atoms. The van der Waals surface area contributed by atoms with E-state index in [2.05, 4.69) is 4.98 Å². The first-order valence-electron chi connectivity index (χ1n) is 4.69. The zero-order chi connectivity index (χ0) is 11.5. The Balaban J connectivity index is 2.32. The summed E-state index contributed by atoms with van der Waals surface area (Å²) in [5, 5.41) is 8.85. The van der Waals surface area contributed by atoms with Gasteiger partial charge in [0.15, 0.2) is 6.23 Å². The van der Waals surface area contributed by atoms with Gasteiger partial charge in [-0.1, -0.05) is 6.08 Å². The summed E-state index contributed by atoms with van der Waals surface area (Å²) in [6.07, 6.45) is 5.42. The normalized spacial score (nSPS) is 19.1. The second kappa shape index (κ2) is 4.19. The molecule has 0 saturated heterocycles. The molecule has 1 aromatic rings. The Bertz CT molecular complexity index is 504. The number of nitrogens with zero attached hydrogens (tertiary/aromatic N) is 2. The van der Waals surface area contributed by atoms with Crippen molar-refractivity contribution in [2.24, 2.45) is 0 Å². The van der Waals surface area contributed by atoms with Crippen LogP contribution in [-0.4, -0.2) is 21.3 Å². The average Bonchev–Trinajstić information content (AvgIpc) is 2.30. The van der Waals surface area contributed by atoms with Gasteiger partial charge in [-0.15, -0.1) is 0 Å². The van der Waals surface area contributed by atoms with Crippen LogP contribution in [0.4, 0.5) is 5.82 Å². The first kappa shape index (κ1) is 10.4. The van der Waals surface area contributed by atoms with Crippen LogP contribution in [0.1, 0.15) is 6.23 Å². The van der Waals surface area contributed by atoms with Gasteiger partial charge in [-0.2, -0.15) is 0 Å². The minimum absolute atomic E-state index is 0.110. The molecule has 0 aromatic carbocycles. The van der Waals surface area contributed by atoms with Crippen LogP contribution >= 0.6 is 0 Å². The molecule has 1 atom stereocenters. The summed E-state index contributed by atoms with van der Waals surface area (Å²) in [7, 11) is 0. The van der Waals surface area contributed by atoms with E-state index in [1.54, 1.807) is 12.2 Å². The molecule has 0 radical (unpaired) electrons. The minimum atomic E-state index is -0.614. The maximum atomic E-state index is 11.5. The molecule has 1 aliphatic rings. The Morgan fingerprint density at radius 1 is 1.62 bits per heavy atom. The summed E-state index contributed by atoms with van der Waals surface area (Å²) in [5.74, 6) is 0.274. The third kappa shape index (κ3) is 1.82. The molecule has 6 nitrogen and oxygen atoms in total. The lowest BCUT2D eigenvalue weighted by atomic mass is 10.2. The predicted octanol–water partition coefficient (Wildman–Crippen LogP) is -0.213. The molecule has 84 valence electrons. The van der Waals surface area contributed by atoms with E-state index in [0.29, 0.717) is 5.57 Å². The van der Waals surface area contributed by atoms with Crippen LogP contribution in [0.5, 0.6) is 0 Å². The van der Waals surface area contributed by atoms with E-state index in [4.69, 9.17) is 15.6 Å². The van der Waals surface area contributed by atoms with E-state index in [1.165, 1.54) is 23.1 Å². The number of nitrogen functional groups attached to an aromatic ring is 1. The van der Waals surface area contributed by atoms with Crippen LogP contribution in [0.15, 0.2) is 41.0 Å². The van der Waals surface area contributed by atoms with E-state index < -0.39 is 11.9 Å². The third-order valence-corrected chi connectivity index (χ3v) is 2.19. The number of aromatic nitrogens is 2. The Labute approximate surface area is 91.3 Å². The zero-order valence-corrected chi connectivity index (χ0v) is 8.41. The standard InChI is InChI=1S/C10H11N3O3/c11-8-3-4-12-10(15)13(8)9-2-1-7(5-14)6-16-9/h1-4,6,9,14H,5,11H2. The van der Waals surface area contributed by atoms with Gasteiger partial charge in [0.2, 0.25) is 0 Å². The fourth-order valence-electron chi connectivity index (χ4n) is 1.37. The Kier molecular flexibility index (Phi) is 2.74. The van der Waals surface area contributed by atoms with Gasteiger partial charge in [-0.05, 0) is 12.1 Å². The topological polar surface area (TPSA) is 90.4 Å². The lowest BCUT2D eigenvalue weighted by molar-refractivity contribution is 0.115. The van der Waals surface area contributed by atoms with Crippen LogP contribution < -0.4 is 11.4 Å². The summed E-state index contributed by atoms with van der Waals surface area (Å²) >= 11 is 0. The van der Waals surface area contributed by atoms with Crippen molar-refractivity contribution in [3.05, 3.63) is 46.7 Å². The molecule has 0 spiro atoms. The van der Waals surface area contributed by atoms with Crippen molar-refractivity contribution >= 4 is 5.82 Å². The number of aliphatic hydroxyl groups excluding tert-OH is 1. The van der Waals surface area contributed by atoms with Gasteiger partial charge in [0.1, 0.15) is 5.82 Å². The Morgan fingerprint density at radius 2 is 2.44 bits per heavy atom. The molecule has 0 fully saturated rings. The second-order valence-electron chi connectivity index (χ2n) is 3.26.